The first-order valence-corrected chi connectivity index (χ1v) is 9.09. The van der Waals surface area contributed by atoms with E-state index in [0.29, 0.717) is 28.5 Å². The van der Waals surface area contributed by atoms with E-state index >= 15 is 0 Å². The molecule has 0 aliphatic heterocycles. The molecule has 7 heteroatoms. The Kier molecular flexibility index (Phi) is 4.48. The topological polar surface area (TPSA) is 59.9 Å². The van der Waals surface area contributed by atoms with Crippen LogP contribution in [-0.4, -0.2) is 34.0 Å². The van der Waals surface area contributed by atoms with E-state index < -0.39 is 5.82 Å². The molecule has 0 spiro atoms. The fourth-order valence-corrected chi connectivity index (χ4v) is 3.80. The summed E-state index contributed by atoms with van der Waals surface area (Å²) in [6.45, 7) is 0.504. The van der Waals surface area contributed by atoms with Crippen LogP contribution in [0.2, 0.25) is 0 Å². The Hall–Kier alpha value is -2.64. The number of H-pyrrole nitrogens is 1. The van der Waals surface area contributed by atoms with Crippen molar-refractivity contribution in [3.8, 4) is 5.69 Å². The summed E-state index contributed by atoms with van der Waals surface area (Å²) >= 11 is 1.36. The highest BCUT2D eigenvalue weighted by atomic mass is 32.2. The van der Waals surface area contributed by atoms with E-state index in [9.17, 15) is 9.18 Å². The molecule has 0 aliphatic carbocycles. The number of fused-ring (bicyclic) bond motifs is 3. The largest absolute Gasteiger partial charge is 0.384 e. The lowest BCUT2D eigenvalue weighted by molar-refractivity contribution is 0.218. The molecule has 132 valence electrons. The Balaban J connectivity index is 2.03. The number of nitrogens with zero attached hydrogens (tertiary/aromatic N) is 2. The number of ether oxygens (including phenoxy) is 1. The minimum Gasteiger partial charge on any atom is -0.384 e. The van der Waals surface area contributed by atoms with Gasteiger partial charge in [-0.05, 0) is 18.2 Å². The van der Waals surface area contributed by atoms with Crippen molar-refractivity contribution in [2.75, 3.05) is 19.5 Å². The van der Waals surface area contributed by atoms with E-state index in [4.69, 9.17) is 4.74 Å². The summed E-state index contributed by atoms with van der Waals surface area (Å²) in [4.78, 5) is 21.0. The van der Waals surface area contributed by atoms with Gasteiger partial charge in [-0.25, -0.2) is 9.37 Å². The summed E-state index contributed by atoms with van der Waals surface area (Å²) in [7, 11) is 1.61. The molecule has 2 heterocycles. The molecule has 0 unspecified atom stereocenters. The smallest absolute Gasteiger partial charge is 0.283 e. The van der Waals surface area contributed by atoms with Gasteiger partial charge in [-0.15, -0.1) is 0 Å². The number of thioether (sulfide) groups is 1. The average Bonchev–Trinajstić information content (AvgIpc) is 3.02. The quantitative estimate of drug-likeness (QED) is 0.331. The van der Waals surface area contributed by atoms with Crippen molar-refractivity contribution in [3.05, 3.63) is 64.7 Å². The highest BCUT2D eigenvalue weighted by molar-refractivity contribution is 7.99. The number of hydrogen-bond acceptors (Lipinski definition) is 4. The summed E-state index contributed by atoms with van der Waals surface area (Å²) in [5, 5.41) is 1.31. The van der Waals surface area contributed by atoms with E-state index in [1.807, 2.05) is 24.3 Å². The molecule has 0 radical (unpaired) electrons. The first-order chi connectivity index (χ1) is 12.7. The minimum absolute atomic E-state index is 0.186. The third-order valence-electron chi connectivity index (χ3n) is 4.11. The van der Waals surface area contributed by atoms with E-state index in [-0.39, 0.29) is 11.2 Å². The first kappa shape index (κ1) is 16.8. The van der Waals surface area contributed by atoms with Crippen LogP contribution in [0.4, 0.5) is 4.39 Å². The third kappa shape index (κ3) is 2.79. The first-order valence-electron chi connectivity index (χ1n) is 8.11. The van der Waals surface area contributed by atoms with Crippen molar-refractivity contribution in [2.45, 2.75) is 5.16 Å². The molecule has 0 amide bonds. The normalized spacial score (nSPS) is 11.5. The SMILES string of the molecule is COCCSc1nc2c([nH]c3ccccc32)c(=O)n1-c1ccccc1F. The number of hydrogen-bond donors (Lipinski definition) is 1. The second-order valence-electron chi connectivity index (χ2n) is 5.72. The predicted octanol–water partition coefficient (Wildman–Crippen LogP) is 3.74. The van der Waals surface area contributed by atoms with Crippen molar-refractivity contribution < 1.29 is 9.13 Å². The average molecular weight is 369 g/mol. The fraction of sp³-hybridized carbons (Fsp3) is 0.158. The molecule has 5 nitrogen and oxygen atoms in total. The molecule has 0 saturated carbocycles. The maximum absolute atomic E-state index is 14.4. The number of benzene rings is 2. The van der Waals surface area contributed by atoms with Crippen molar-refractivity contribution in [3.63, 3.8) is 0 Å². The molecule has 0 saturated heterocycles. The molecule has 2 aromatic carbocycles. The van der Waals surface area contributed by atoms with Gasteiger partial charge in [-0.3, -0.25) is 9.36 Å². The number of nitrogens with one attached hydrogen (secondary N) is 1. The lowest BCUT2D eigenvalue weighted by Crippen LogP contribution is -2.23. The number of para-hydroxylation sites is 2. The minimum atomic E-state index is -0.472. The van der Waals surface area contributed by atoms with Crippen molar-refractivity contribution in [1.29, 1.82) is 0 Å². The van der Waals surface area contributed by atoms with Gasteiger partial charge >= 0.3 is 0 Å². The van der Waals surface area contributed by atoms with Gasteiger partial charge in [-0.1, -0.05) is 42.1 Å². The van der Waals surface area contributed by atoms with Gasteiger partial charge in [0.2, 0.25) is 0 Å². The molecule has 0 fully saturated rings. The second kappa shape index (κ2) is 6.93. The Labute approximate surface area is 152 Å². The molecule has 4 aromatic rings. The molecule has 1 N–H and O–H groups in total. The van der Waals surface area contributed by atoms with Crippen LogP contribution in [0.3, 0.4) is 0 Å². The third-order valence-corrected chi connectivity index (χ3v) is 5.01. The Bertz CT molecular complexity index is 1150. The predicted molar refractivity (Wildman–Crippen MR) is 102 cm³/mol. The highest BCUT2D eigenvalue weighted by Gasteiger charge is 2.18. The fourth-order valence-electron chi connectivity index (χ4n) is 2.90. The molecule has 0 bridgehead atoms. The van der Waals surface area contributed by atoms with Crippen LogP contribution in [0.25, 0.3) is 27.6 Å². The molecule has 0 aliphatic rings. The zero-order valence-electron chi connectivity index (χ0n) is 14.0. The molecule has 4 rings (SSSR count). The Morgan fingerprint density at radius 3 is 2.77 bits per heavy atom. The van der Waals surface area contributed by atoms with Crippen LogP contribution in [0.1, 0.15) is 0 Å². The monoisotopic (exact) mass is 369 g/mol. The number of aromatic nitrogens is 3. The second-order valence-corrected chi connectivity index (χ2v) is 6.78. The summed E-state index contributed by atoms with van der Waals surface area (Å²) < 4.78 is 20.8. The van der Waals surface area contributed by atoms with E-state index in [2.05, 4.69) is 9.97 Å². The van der Waals surface area contributed by atoms with Crippen LogP contribution in [-0.2, 0) is 4.74 Å². The van der Waals surface area contributed by atoms with E-state index in [1.54, 1.807) is 25.3 Å². The molecule has 0 atom stereocenters. The van der Waals surface area contributed by atoms with E-state index in [0.717, 1.165) is 10.9 Å². The van der Waals surface area contributed by atoms with Gasteiger partial charge in [0.25, 0.3) is 5.56 Å². The van der Waals surface area contributed by atoms with Gasteiger partial charge < -0.3 is 9.72 Å². The van der Waals surface area contributed by atoms with Crippen LogP contribution in [0.15, 0.2) is 58.5 Å². The summed E-state index contributed by atoms with van der Waals surface area (Å²) in [5.74, 6) is 0.131. The standard InChI is InChI=1S/C19H16FN3O2S/c1-25-10-11-26-19-22-16-12-6-2-4-8-14(12)21-17(16)18(24)23(19)15-9-5-3-7-13(15)20/h2-9,21H,10-11H2,1H3. The zero-order chi connectivity index (χ0) is 18.1. The van der Waals surface area contributed by atoms with Gasteiger partial charge in [-0.2, -0.15) is 0 Å². The number of halogens is 1. The number of methoxy groups -OCH3 is 1. The molecule has 26 heavy (non-hydrogen) atoms. The van der Waals surface area contributed by atoms with Gasteiger partial charge in [0.05, 0.1) is 12.3 Å². The Morgan fingerprint density at radius 2 is 1.96 bits per heavy atom. The summed E-state index contributed by atoms with van der Waals surface area (Å²) in [5.41, 5.74) is 1.65. The lowest BCUT2D eigenvalue weighted by atomic mass is 10.2. The Morgan fingerprint density at radius 1 is 1.19 bits per heavy atom. The van der Waals surface area contributed by atoms with Crippen molar-refractivity contribution in [2.24, 2.45) is 0 Å². The molecule has 2 aromatic heterocycles. The summed E-state index contributed by atoms with van der Waals surface area (Å²) in [6.07, 6.45) is 0. The van der Waals surface area contributed by atoms with Gasteiger partial charge in [0.15, 0.2) is 5.16 Å². The van der Waals surface area contributed by atoms with Crippen molar-refractivity contribution >= 4 is 33.7 Å². The maximum atomic E-state index is 14.4. The van der Waals surface area contributed by atoms with E-state index in [1.165, 1.54) is 22.4 Å². The highest BCUT2D eigenvalue weighted by Crippen LogP contribution is 2.26. The van der Waals surface area contributed by atoms with Gasteiger partial charge in [0, 0.05) is 23.8 Å². The zero-order valence-corrected chi connectivity index (χ0v) is 14.8. The van der Waals surface area contributed by atoms with Gasteiger partial charge in [0.1, 0.15) is 16.9 Å². The summed E-state index contributed by atoms with van der Waals surface area (Å²) in [6, 6.07) is 13.8. The van der Waals surface area contributed by atoms with Crippen LogP contribution >= 0.6 is 11.8 Å². The van der Waals surface area contributed by atoms with Crippen LogP contribution in [0.5, 0.6) is 0 Å². The maximum Gasteiger partial charge on any atom is 0.283 e. The molecular weight excluding hydrogens is 353 g/mol. The van der Waals surface area contributed by atoms with Crippen molar-refractivity contribution in [1.82, 2.24) is 14.5 Å². The van der Waals surface area contributed by atoms with Crippen LogP contribution < -0.4 is 5.56 Å². The number of rotatable bonds is 5. The van der Waals surface area contributed by atoms with Crippen LogP contribution in [0, 0.1) is 5.82 Å². The lowest BCUT2D eigenvalue weighted by Gasteiger charge is -2.12. The molecular formula is C19H16FN3O2S. The number of aromatic amines is 1.